The second-order valence-electron chi connectivity index (χ2n) is 6.56. The van der Waals surface area contributed by atoms with E-state index in [-0.39, 0.29) is 5.69 Å². The molecule has 0 aromatic carbocycles. The Morgan fingerprint density at radius 3 is 2.88 bits per heavy atom. The summed E-state index contributed by atoms with van der Waals surface area (Å²) in [4.78, 5) is 19.2. The highest BCUT2D eigenvalue weighted by atomic mass is 16.4. The summed E-state index contributed by atoms with van der Waals surface area (Å²) in [5.74, 6) is 2.63. The van der Waals surface area contributed by atoms with Crippen molar-refractivity contribution in [1.82, 2.24) is 9.97 Å². The third-order valence-corrected chi connectivity index (χ3v) is 4.79. The summed E-state index contributed by atoms with van der Waals surface area (Å²) in [5, 5.41) is 12.5. The van der Waals surface area contributed by atoms with E-state index < -0.39 is 5.97 Å². The number of hydrogen-bond donors (Lipinski definition) is 2. The molecule has 0 unspecified atom stereocenters. The number of nitrogens with zero attached hydrogens (tertiary/aromatic N) is 2. The van der Waals surface area contributed by atoms with Crippen LogP contribution in [-0.2, 0) is 0 Å². The number of aromatic nitrogens is 2. The first-order valence-corrected chi connectivity index (χ1v) is 8.39. The molecule has 1 aliphatic rings. The normalized spacial score (nSPS) is 20.8. The molecule has 2 heterocycles. The molecule has 0 aliphatic heterocycles. The maximum absolute atomic E-state index is 11.2. The van der Waals surface area contributed by atoms with Crippen molar-refractivity contribution in [2.75, 3.05) is 11.9 Å². The van der Waals surface area contributed by atoms with Gasteiger partial charge >= 0.3 is 5.97 Å². The van der Waals surface area contributed by atoms with Crippen LogP contribution in [0.25, 0.3) is 0 Å². The molecule has 24 heavy (non-hydrogen) atoms. The fourth-order valence-corrected chi connectivity index (χ4v) is 3.49. The Hall–Kier alpha value is -2.37. The first-order chi connectivity index (χ1) is 11.5. The standard InChI is InChI=1S/C18H23N3O3/c1-11-6-7-15(24-11)14-5-3-4-13(8-14)9-19-17-12(2)16(18(22)23)20-10-21-17/h6-7,10,13-14H,3-5,8-9H2,1-2H3,(H,22,23)(H,19,20,21)/t13-,14+/m1/s1. The minimum atomic E-state index is -1.02. The van der Waals surface area contributed by atoms with Gasteiger partial charge in [-0.25, -0.2) is 14.8 Å². The second-order valence-corrected chi connectivity index (χ2v) is 6.56. The molecular weight excluding hydrogens is 306 g/mol. The lowest BCUT2D eigenvalue weighted by Gasteiger charge is -2.28. The van der Waals surface area contributed by atoms with Crippen LogP contribution < -0.4 is 5.32 Å². The Labute approximate surface area is 141 Å². The van der Waals surface area contributed by atoms with Gasteiger partial charge in [-0.1, -0.05) is 6.42 Å². The molecule has 6 nitrogen and oxygen atoms in total. The van der Waals surface area contributed by atoms with E-state index >= 15 is 0 Å². The summed E-state index contributed by atoms with van der Waals surface area (Å²) in [6, 6.07) is 4.11. The van der Waals surface area contributed by atoms with Crippen LogP contribution >= 0.6 is 0 Å². The van der Waals surface area contributed by atoms with E-state index in [1.54, 1.807) is 6.92 Å². The molecule has 0 spiro atoms. The number of aromatic carboxylic acids is 1. The molecule has 2 atom stereocenters. The van der Waals surface area contributed by atoms with Gasteiger partial charge in [0, 0.05) is 18.0 Å². The zero-order chi connectivity index (χ0) is 17.1. The van der Waals surface area contributed by atoms with E-state index in [4.69, 9.17) is 9.52 Å². The van der Waals surface area contributed by atoms with Gasteiger partial charge in [0.25, 0.3) is 0 Å². The van der Waals surface area contributed by atoms with E-state index in [1.165, 1.54) is 25.6 Å². The van der Waals surface area contributed by atoms with Crippen molar-refractivity contribution < 1.29 is 14.3 Å². The smallest absolute Gasteiger partial charge is 0.354 e. The molecule has 0 radical (unpaired) electrons. The molecule has 1 aliphatic carbocycles. The van der Waals surface area contributed by atoms with Gasteiger partial charge < -0.3 is 14.8 Å². The van der Waals surface area contributed by atoms with Crippen molar-refractivity contribution in [3.63, 3.8) is 0 Å². The van der Waals surface area contributed by atoms with E-state index in [0.29, 0.717) is 23.2 Å². The van der Waals surface area contributed by atoms with Crippen LogP contribution in [0.2, 0.25) is 0 Å². The zero-order valence-corrected chi connectivity index (χ0v) is 14.1. The zero-order valence-electron chi connectivity index (χ0n) is 14.1. The molecule has 128 valence electrons. The monoisotopic (exact) mass is 329 g/mol. The third-order valence-electron chi connectivity index (χ3n) is 4.79. The van der Waals surface area contributed by atoms with Crippen molar-refractivity contribution in [1.29, 1.82) is 0 Å². The third kappa shape index (κ3) is 3.58. The Kier molecular flexibility index (Phi) is 4.83. The maximum Gasteiger partial charge on any atom is 0.354 e. The van der Waals surface area contributed by atoms with Crippen molar-refractivity contribution in [3.8, 4) is 0 Å². The summed E-state index contributed by atoms with van der Waals surface area (Å²) < 4.78 is 5.79. The number of anilines is 1. The van der Waals surface area contributed by atoms with Gasteiger partial charge in [-0.15, -0.1) is 0 Å². The lowest BCUT2D eigenvalue weighted by Crippen LogP contribution is -2.22. The van der Waals surface area contributed by atoms with Crippen molar-refractivity contribution in [2.24, 2.45) is 5.92 Å². The number of hydrogen-bond acceptors (Lipinski definition) is 5. The SMILES string of the molecule is Cc1ccc([C@H]2CCC[C@@H](CNc3ncnc(C(=O)O)c3C)C2)o1. The van der Waals surface area contributed by atoms with Gasteiger partial charge in [0.05, 0.1) is 0 Å². The lowest BCUT2D eigenvalue weighted by atomic mass is 9.80. The molecule has 0 bridgehead atoms. The van der Waals surface area contributed by atoms with Gasteiger partial charge in [-0.2, -0.15) is 0 Å². The minimum Gasteiger partial charge on any atom is -0.476 e. The highest BCUT2D eigenvalue weighted by Gasteiger charge is 2.25. The molecule has 0 saturated heterocycles. The van der Waals surface area contributed by atoms with Crippen LogP contribution in [0.5, 0.6) is 0 Å². The highest BCUT2D eigenvalue weighted by molar-refractivity contribution is 5.88. The molecule has 1 fully saturated rings. The number of rotatable bonds is 5. The van der Waals surface area contributed by atoms with E-state index in [2.05, 4.69) is 21.4 Å². The number of carboxylic acid groups (broad SMARTS) is 1. The van der Waals surface area contributed by atoms with Crippen LogP contribution in [0.3, 0.4) is 0 Å². The Morgan fingerprint density at radius 2 is 2.17 bits per heavy atom. The lowest BCUT2D eigenvalue weighted by molar-refractivity contribution is 0.0689. The number of carbonyl (C=O) groups is 1. The van der Waals surface area contributed by atoms with Crippen LogP contribution in [0, 0.1) is 19.8 Å². The van der Waals surface area contributed by atoms with Crippen LogP contribution in [-0.4, -0.2) is 27.6 Å². The maximum atomic E-state index is 11.2. The van der Waals surface area contributed by atoms with Crippen LogP contribution in [0.1, 0.15) is 59.2 Å². The Morgan fingerprint density at radius 1 is 1.33 bits per heavy atom. The molecule has 3 rings (SSSR count). The number of aryl methyl sites for hydroxylation is 1. The van der Waals surface area contributed by atoms with Gasteiger partial charge in [0.1, 0.15) is 23.7 Å². The van der Waals surface area contributed by atoms with Crippen molar-refractivity contribution in [2.45, 2.75) is 45.4 Å². The minimum absolute atomic E-state index is 0.0556. The number of carboxylic acids is 1. The van der Waals surface area contributed by atoms with E-state index in [0.717, 1.165) is 24.5 Å². The van der Waals surface area contributed by atoms with Crippen molar-refractivity contribution >= 4 is 11.8 Å². The molecule has 1 saturated carbocycles. The summed E-state index contributed by atoms with van der Waals surface area (Å²) >= 11 is 0. The van der Waals surface area contributed by atoms with Gasteiger partial charge in [0.2, 0.25) is 0 Å². The topological polar surface area (TPSA) is 88.2 Å². The first-order valence-electron chi connectivity index (χ1n) is 8.39. The first kappa shape index (κ1) is 16.5. The van der Waals surface area contributed by atoms with Gasteiger partial charge in [0.15, 0.2) is 5.69 Å². The van der Waals surface area contributed by atoms with Crippen LogP contribution in [0.4, 0.5) is 5.82 Å². The molecular formula is C18H23N3O3. The molecule has 2 N–H and O–H groups in total. The molecule has 6 heteroatoms. The van der Waals surface area contributed by atoms with E-state index in [1.807, 2.05) is 13.0 Å². The predicted molar refractivity (Wildman–Crippen MR) is 90.4 cm³/mol. The average molecular weight is 329 g/mol. The summed E-state index contributed by atoms with van der Waals surface area (Å²) in [7, 11) is 0. The summed E-state index contributed by atoms with van der Waals surface area (Å²) in [6.45, 7) is 4.50. The van der Waals surface area contributed by atoms with Crippen molar-refractivity contribution in [3.05, 3.63) is 41.2 Å². The van der Waals surface area contributed by atoms with Gasteiger partial charge in [-0.05, 0) is 51.2 Å². The number of furan rings is 1. The fraction of sp³-hybridized carbons (Fsp3) is 0.500. The highest BCUT2D eigenvalue weighted by Crippen LogP contribution is 2.37. The quantitative estimate of drug-likeness (QED) is 0.868. The molecule has 2 aromatic heterocycles. The largest absolute Gasteiger partial charge is 0.476 e. The number of nitrogens with one attached hydrogen (secondary N) is 1. The Bertz CT molecular complexity index is 726. The second kappa shape index (κ2) is 7.03. The fourth-order valence-electron chi connectivity index (χ4n) is 3.49. The summed E-state index contributed by atoms with van der Waals surface area (Å²) in [5.41, 5.74) is 0.638. The predicted octanol–water partition coefficient (Wildman–Crippen LogP) is 3.77. The van der Waals surface area contributed by atoms with E-state index in [9.17, 15) is 4.79 Å². The average Bonchev–Trinajstić information content (AvgIpc) is 3.00. The molecule has 2 aromatic rings. The van der Waals surface area contributed by atoms with Gasteiger partial charge in [-0.3, -0.25) is 0 Å². The Balaban J connectivity index is 1.62. The summed E-state index contributed by atoms with van der Waals surface area (Å²) in [6.07, 6.45) is 5.89. The molecule has 0 amide bonds. The van der Waals surface area contributed by atoms with Crippen LogP contribution in [0.15, 0.2) is 22.9 Å².